The fourth-order valence-electron chi connectivity index (χ4n) is 2.87. The van der Waals surface area contributed by atoms with Crippen LogP contribution in [-0.4, -0.2) is 47.9 Å². The molecule has 1 N–H and O–H groups in total. The average molecular weight is 420 g/mol. The van der Waals surface area contributed by atoms with Crippen LogP contribution in [0.25, 0.3) is 0 Å². The fraction of sp³-hybridized carbons (Fsp3) is 0.263. The zero-order chi connectivity index (χ0) is 18.5. The Labute approximate surface area is 159 Å². The molecule has 5 nitrogen and oxygen atoms in total. The van der Waals surface area contributed by atoms with Crippen LogP contribution in [0, 0.1) is 5.82 Å². The van der Waals surface area contributed by atoms with Gasteiger partial charge in [-0.3, -0.25) is 4.79 Å². The summed E-state index contributed by atoms with van der Waals surface area (Å²) in [5, 5.41) is 2.78. The molecule has 0 atom stereocenters. The minimum Gasteiger partial charge on any atom is -0.337 e. The van der Waals surface area contributed by atoms with E-state index in [0.717, 1.165) is 0 Å². The van der Waals surface area contributed by atoms with Gasteiger partial charge in [0.15, 0.2) is 0 Å². The normalized spacial score (nSPS) is 14.7. The molecule has 7 heteroatoms. The van der Waals surface area contributed by atoms with Crippen molar-refractivity contribution in [1.29, 1.82) is 0 Å². The van der Waals surface area contributed by atoms with Crippen LogP contribution < -0.4 is 5.32 Å². The maximum atomic E-state index is 13.2. The zero-order valence-corrected chi connectivity index (χ0v) is 15.7. The molecule has 2 aromatic carbocycles. The largest absolute Gasteiger partial charge is 0.337 e. The molecule has 0 aliphatic carbocycles. The lowest BCUT2D eigenvalue weighted by Gasteiger charge is -2.23. The molecule has 2 aromatic rings. The van der Waals surface area contributed by atoms with E-state index in [9.17, 15) is 14.0 Å². The van der Waals surface area contributed by atoms with Gasteiger partial charge in [-0.1, -0.05) is 18.2 Å². The Hall–Kier alpha value is -2.41. The van der Waals surface area contributed by atoms with Crippen molar-refractivity contribution < 1.29 is 14.0 Å². The number of amides is 3. The highest BCUT2D eigenvalue weighted by atomic mass is 79.9. The maximum Gasteiger partial charge on any atom is 0.321 e. The van der Waals surface area contributed by atoms with Crippen molar-refractivity contribution >= 4 is 33.6 Å². The molecule has 1 heterocycles. The van der Waals surface area contributed by atoms with Crippen LogP contribution in [0.4, 0.5) is 14.9 Å². The fourth-order valence-corrected chi connectivity index (χ4v) is 3.32. The Bertz CT molecular complexity index is 801. The summed E-state index contributed by atoms with van der Waals surface area (Å²) in [7, 11) is 0. The first-order valence-electron chi connectivity index (χ1n) is 8.40. The number of hydrogen-bond donors (Lipinski definition) is 1. The summed E-state index contributed by atoms with van der Waals surface area (Å²) in [5.41, 5.74) is 1.17. The van der Waals surface area contributed by atoms with Crippen LogP contribution in [0.1, 0.15) is 16.8 Å². The van der Waals surface area contributed by atoms with Crippen LogP contribution >= 0.6 is 15.9 Å². The van der Waals surface area contributed by atoms with Crippen LogP contribution in [0.3, 0.4) is 0 Å². The van der Waals surface area contributed by atoms with Crippen molar-refractivity contribution in [3.8, 4) is 0 Å². The highest BCUT2D eigenvalue weighted by molar-refractivity contribution is 9.10. The first-order chi connectivity index (χ1) is 12.5. The quantitative estimate of drug-likeness (QED) is 0.800. The van der Waals surface area contributed by atoms with Crippen LogP contribution in [0.15, 0.2) is 53.0 Å². The molecule has 3 rings (SSSR count). The third kappa shape index (κ3) is 4.40. The first kappa shape index (κ1) is 18.4. The Morgan fingerprint density at radius 1 is 0.962 bits per heavy atom. The summed E-state index contributed by atoms with van der Waals surface area (Å²) in [6, 6.07) is 13.0. The monoisotopic (exact) mass is 419 g/mol. The highest BCUT2D eigenvalue weighted by Gasteiger charge is 2.23. The third-order valence-electron chi connectivity index (χ3n) is 4.26. The number of hydrogen-bond acceptors (Lipinski definition) is 2. The van der Waals surface area contributed by atoms with Gasteiger partial charge < -0.3 is 15.1 Å². The molecule has 136 valence electrons. The Morgan fingerprint density at radius 2 is 1.65 bits per heavy atom. The van der Waals surface area contributed by atoms with Gasteiger partial charge >= 0.3 is 6.03 Å². The van der Waals surface area contributed by atoms with Crippen molar-refractivity contribution in [3.63, 3.8) is 0 Å². The number of halogens is 2. The molecule has 0 spiro atoms. The van der Waals surface area contributed by atoms with Gasteiger partial charge in [0.1, 0.15) is 5.82 Å². The third-order valence-corrected chi connectivity index (χ3v) is 4.92. The lowest BCUT2D eigenvalue weighted by molar-refractivity contribution is 0.0762. The minimum atomic E-state index is -0.375. The Balaban J connectivity index is 1.61. The number of carbonyl (C=O) groups is 2. The summed E-state index contributed by atoms with van der Waals surface area (Å²) in [5.74, 6) is -0.395. The topological polar surface area (TPSA) is 52.7 Å². The van der Waals surface area contributed by atoms with Crippen LogP contribution in [0.2, 0.25) is 0 Å². The Kier molecular flexibility index (Phi) is 5.88. The van der Waals surface area contributed by atoms with Gasteiger partial charge in [-0.25, -0.2) is 9.18 Å². The molecule has 1 saturated heterocycles. The van der Waals surface area contributed by atoms with E-state index in [4.69, 9.17) is 0 Å². The molecule has 26 heavy (non-hydrogen) atoms. The van der Waals surface area contributed by atoms with Crippen molar-refractivity contribution in [2.24, 2.45) is 0 Å². The molecule has 0 aromatic heterocycles. The van der Waals surface area contributed by atoms with Gasteiger partial charge in [0.25, 0.3) is 5.91 Å². The average Bonchev–Trinajstić information content (AvgIpc) is 2.90. The molecule has 0 bridgehead atoms. The van der Waals surface area contributed by atoms with E-state index < -0.39 is 0 Å². The first-order valence-corrected chi connectivity index (χ1v) is 9.19. The van der Waals surface area contributed by atoms with Crippen LogP contribution in [-0.2, 0) is 0 Å². The molecule has 0 radical (unpaired) electrons. The molecule has 1 aliphatic rings. The molecular weight excluding hydrogens is 401 g/mol. The van der Waals surface area contributed by atoms with Gasteiger partial charge in [0, 0.05) is 36.2 Å². The van der Waals surface area contributed by atoms with Gasteiger partial charge in [-0.15, -0.1) is 0 Å². The number of anilines is 1. The van der Waals surface area contributed by atoms with Gasteiger partial charge in [0.05, 0.1) is 5.69 Å². The molecule has 0 unspecified atom stereocenters. The van der Waals surface area contributed by atoms with Crippen LogP contribution in [0.5, 0.6) is 0 Å². The number of benzene rings is 2. The second-order valence-electron chi connectivity index (χ2n) is 6.05. The summed E-state index contributed by atoms with van der Waals surface area (Å²) in [6.45, 7) is 2.09. The van der Waals surface area contributed by atoms with Crippen molar-refractivity contribution in [2.75, 3.05) is 31.5 Å². The van der Waals surface area contributed by atoms with Crippen molar-refractivity contribution in [3.05, 3.63) is 64.4 Å². The molecule has 1 fully saturated rings. The summed E-state index contributed by atoms with van der Waals surface area (Å²) in [6.07, 6.45) is 0.705. The van der Waals surface area contributed by atoms with E-state index >= 15 is 0 Å². The standard InChI is InChI=1S/C19H19BrFN3O2/c20-16-13-15(21)7-8-17(16)22-19(26)24-10-4-9-23(11-12-24)18(25)14-5-2-1-3-6-14/h1-3,5-8,13H,4,9-12H2,(H,22,26). The summed E-state index contributed by atoms with van der Waals surface area (Å²) >= 11 is 3.24. The lowest BCUT2D eigenvalue weighted by Crippen LogP contribution is -2.39. The second-order valence-corrected chi connectivity index (χ2v) is 6.91. The van der Waals surface area contributed by atoms with E-state index in [1.165, 1.54) is 18.2 Å². The minimum absolute atomic E-state index is 0.0193. The zero-order valence-electron chi connectivity index (χ0n) is 14.1. The number of carbonyl (C=O) groups excluding carboxylic acids is 2. The van der Waals surface area contributed by atoms with E-state index in [0.29, 0.717) is 48.3 Å². The van der Waals surface area contributed by atoms with Gasteiger partial charge in [-0.05, 0) is 52.7 Å². The SMILES string of the molecule is O=C(Nc1ccc(F)cc1Br)N1CCCN(C(=O)c2ccccc2)CC1. The molecular formula is C19H19BrFN3O2. The smallest absolute Gasteiger partial charge is 0.321 e. The number of urea groups is 1. The number of rotatable bonds is 2. The van der Waals surface area contributed by atoms with Crippen molar-refractivity contribution in [1.82, 2.24) is 9.80 Å². The summed E-state index contributed by atoms with van der Waals surface area (Å²) in [4.78, 5) is 28.5. The molecule has 1 aliphatic heterocycles. The second kappa shape index (κ2) is 8.31. The lowest BCUT2D eigenvalue weighted by atomic mass is 10.2. The van der Waals surface area contributed by atoms with Gasteiger partial charge in [-0.2, -0.15) is 0 Å². The van der Waals surface area contributed by atoms with E-state index in [-0.39, 0.29) is 17.8 Å². The van der Waals surface area contributed by atoms with Crippen molar-refractivity contribution in [2.45, 2.75) is 6.42 Å². The van der Waals surface area contributed by atoms with E-state index in [2.05, 4.69) is 21.2 Å². The molecule has 3 amide bonds. The maximum absolute atomic E-state index is 13.2. The number of nitrogens with one attached hydrogen (secondary N) is 1. The van der Waals surface area contributed by atoms with Gasteiger partial charge in [0.2, 0.25) is 0 Å². The predicted octanol–water partition coefficient (Wildman–Crippen LogP) is 3.97. The highest BCUT2D eigenvalue weighted by Crippen LogP contribution is 2.23. The van der Waals surface area contributed by atoms with E-state index in [1.807, 2.05) is 18.2 Å². The Morgan fingerprint density at radius 3 is 2.38 bits per heavy atom. The van der Waals surface area contributed by atoms with E-state index in [1.54, 1.807) is 21.9 Å². The molecule has 0 saturated carbocycles. The number of nitrogens with zero attached hydrogens (tertiary/aromatic N) is 2. The predicted molar refractivity (Wildman–Crippen MR) is 102 cm³/mol. The summed E-state index contributed by atoms with van der Waals surface area (Å²) < 4.78 is 13.6.